The van der Waals surface area contributed by atoms with Crippen LogP contribution in [-0.4, -0.2) is 11.1 Å². The largest absolute Gasteiger partial charge is 0.472 e. The molecule has 0 aromatic heterocycles. The molecular formula is C12H16O2. The Bertz CT molecular complexity index is 278. The van der Waals surface area contributed by atoms with Crippen molar-refractivity contribution in [3.05, 3.63) is 11.6 Å². The molecule has 2 heteroatoms. The zero-order chi connectivity index (χ0) is 10.2. The molecule has 0 heterocycles. The van der Waals surface area contributed by atoms with Gasteiger partial charge in [0.1, 0.15) is 0 Å². The molecule has 0 saturated carbocycles. The van der Waals surface area contributed by atoms with Crippen molar-refractivity contribution in [1.82, 2.24) is 0 Å². The minimum Gasteiger partial charge on any atom is -0.472 e. The van der Waals surface area contributed by atoms with Crippen molar-refractivity contribution in [3.8, 4) is 11.8 Å². The van der Waals surface area contributed by atoms with Crippen LogP contribution in [0.1, 0.15) is 44.9 Å². The van der Waals surface area contributed by atoms with Gasteiger partial charge in [0.15, 0.2) is 0 Å². The minimum atomic E-state index is -1.02. The monoisotopic (exact) mass is 192 g/mol. The highest BCUT2D eigenvalue weighted by atomic mass is 16.4. The van der Waals surface area contributed by atoms with E-state index in [4.69, 9.17) is 5.11 Å². The SMILES string of the molecule is O=C(O)C#CCCCCC1=CCCC1. The topological polar surface area (TPSA) is 37.3 Å². The molecule has 0 aliphatic heterocycles. The van der Waals surface area contributed by atoms with Crippen molar-refractivity contribution in [1.29, 1.82) is 0 Å². The number of unbranched alkanes of at least 4 members (excludes halogenated alkanes) is 2. The Balaban J connectivity index is 2.00. The summed E-state index contributed by atoms with van der Waals surface area (Å²) in [5.74, 6) is 3.74. The molecule has 1 rings (SSSR count). The van der Waals surface area contributed by atoms with Crippen molar-refractivity contribution in [2.24, 2.45) is 0 Å². The number of carbonyl (C=O) groups is 1. The Morgan fingerprint density at radius 2 is 2.36 bits per heavy atom. The molecule has 0 radical (unpaired) electrons. The van der Waals surface area contributed by atoms with Crippen molar-refractivity contribution in [2.75, 3.05) is 0 Å². The first kappa shape index (κ1) is 10.8. The van der Waals surface area contributed by atoms with E-state index in [2.05, 4.69) is 17.9 Å². The van der Waals surface area contributed by atoms with E-state index in [0.717, 1.165) is 12.8 Å². The van der Waals surface area contributed by atoms with Crippen LogP contribution in [0.5, 0.6) is 0 Å². The van der Waals surface area contributed by atoms with Crippen LogP contribution in [0.25, 0.3) is 0 Å². The van der Waals surface area contributed by atoms with Crippen LogP contribution in [0.3, 0.4) is 0 Å². The molecule has 0 atom stereocenters. The molecule has 14 heavy (non-hydrogen) atoms. The molecule has 0 fully saturated rings. The zero-order valence-electron chi connectivity index (χ0n) is 8.38. The summed E-state index contributed by atoms with van der Waals surface area (Å²) in [6, 6.07) is 0. The fourth-order valence-corrected chi connectivity index (χ4v) is 1.67. The summed E-state index contributed by atoms with van der Waals surface area (Å²) in [7, 11) is 0. The maximum Gasteiger partial charge on any atom is 0.381 e. The number of hydrogen-bond donors (Lipinski definition) is 1. The molecular weight excluding hydrogens is 176 g/mol. The quantitative estimate of drug-likeness (QED) is 0.422. The first-order valence-electron chi connectivity index (χ1n) is 5.19. The van der Waals surface area contributed by atoms with Gasteiger partial charge in [0.05, 0.1) is 0 Å². The molecule has 1 aliphatic rings. The van der Waals surface area contributed by atoms with Gasteiger partial charge >= 0.3 is 5.97 Å². The fraction of sp³-hybridized carbons (Fsp3) is 0.583. The summed E-state index contributed by atoms with van der Waals surface area (Å²) in [5, 5.41) is 8.26. The van der Waals surface area contributed by atoms with Crippen LogP contribution in [0, 0.1) is 11.8 Å². The van der Waals surface area contributed by atoms with Crippen LogP contribution in [0.2, 0.25) is 0 Å². The van der Waals surface area contributed by atoms with Crippen molar-refractivity contribution in [2.45, 2.75) is 44.9 Å². The molecule has 0 bridgehead atoms. The van der Waals surface area contributed by atoms with Crippen LogP contribution in [0.4, 0.5) is 0 Å². The molecule has 0 spiro atoms. The van der Waals surface area contributed by atoms with Crippen LogP contribution in [0.15, 0.2) is 11.6 Å². The van der Waals surface area contributed by atoms with Crippen LogP contribution in [-0.2, 0) is 4.79 Å². The van der Waals surface area contributed by atoms with E-state index >= 15 is 0 Å². The lowest BCUT2D eigenvalue weighted by molar-refractivity contribution is -0.130. The lowest BCUT2D eigenvalue weighted by atomic mass is 10.1. The molecule has 0 saturated heterocycles. The lowest BCUT2D eigenvalue weighted by Gasteiger charge is -1.98. The Morgan fingerprint density at radius 1 is 1.50 bits per heavy atom. The van der Waals surface area contributed by atoms with Gasteiger partial charge in [-0.3, -0.25) is 0 Å². The van der Waals surface area contributed by atoms with Gasteiger partial charge < -0.3 is 5.11 Å². The predicted octanol–water partition coefficient (Wildman–Crippen LogP) is 2.75. The first-order chi connectivity index (χ1) is 6.79. The number of carboxylic acid groups (broad SMARTS) is 1. The third kappa shape index (κ3) is 4.71. The van der Waals surface area contributed by atoms with Crippen molar-refractivity contribution >= 4 is 5.97 Å². The lowest BCUT2D eigenvalue weighted by Crippen LogP contribution is -1.86. The maximum atomic E-state index is 10.1. The fourth-order valence-electron chi connectivity index (χ4n) is 1.67. The second kappa shape index (κ2) is 6.26. The summed E-state index contributed by atoms with van der Waals surface area (Å²) >= 11 is 0. The second-order valence-corrected chi connectivity index (χ2v) is 3.57. The first-order valence-corrected chi connectivity index (χ1v) is 5.19. The minimum absolute atomic E-state index is 0.708. The highest BCUT2D eigenvalue weighted by molar-refractivity contribution is 5.86. The van der Waals surface area contributed by atoms with Gasteiger partial charge in [-0.05, 0) is 38.5 Å². The Labute approximate surface area is 85.0 Å². The van der Waals surface area contributed by atoms with Gasteiger partial charge in [0, 0.05) is 12.3 Å². The number of rotatable bonds is 4. The van der Waals surface area contributed by atoms with E-state index in [9.17, 15) is 4.79 Å². The summed E-state index contributed by atoms with van der Waals surface area (Å²) in [6.45, 7) is 0. The Kier molecular flexibility index (Phi) is 4.85. The summed E-state index contributed by atoms with van der Waals surface area (Å²) in [4.78, 5) is 10.1. The standard InChI is InChI=1S/C12H16O2/c13-12(14)10-4-2-1-3-7-11-8-5-6-9-11/h8H,1-3,5-7,9H2,(H,13,14). The van der Waals surface area contributed by atoms with E-state index < -0.39 is 5.97 Å². The average molecular weight is 192 g/mol. The van der Waals surface area contributed by atoms with Gasteiger partial charge in [0.25, 0.3) is 0 Å². The van der Waals surface area contributed by atoms with E-state index in [-0.39, 0.29) is 0 Å². The average Bonchev–Trinajstić information content (AvgIpc) is 2.63. The third-order valence-electron chi connectivity index (χ3n) is 2.38. The molecule has 1 aliphatic carbocycles. The van der Waals surface area contributed by atoms with Crippen LogP contribution < -0.4 is 0 Å². The molecule has 0 aromatic carbocycles. The van der Waals surface area contributed by atoms with E-state index in [1.165, 1.54) is 25.7 Å². The van der Waals surface area contributed by atoms with Gasteiger partial charge in [-0.25, -0.2) is 4.79 Å². The highest BCUT2D eigenvalue weighted by Gasteiger charge is 2.02. The predicted molar refractivity (Wildman–Crippen MR) is 55.8 cm³/mol. The summed E-state index contributed by atoms with van der Waals surface area (Å²) in [6.07, 6.45) is 10.2. The smallest absolute Gasteiger partial charge is 0.381 e. The van der Waals surface area contributed by atoms with Crippen molar-refractivity contribution in [3.63, 3.8) is 0 Å². The van der Waals surface area contributed by atoms with Gasteiger partial charge in [-0.2, -0.15) is 0 Å². The highest BCUT2D eigenvalue weighted by Crippen LogP contribution is 2.22. The zero-order valence-corrected chi connectivity index (χ0v) is 8.38. The molecule has 76 valence electrons. The Morgan fingerprint density at radius 3 is 3.00 bits per heavy atom. The van der Waals surface area contributed by atoms with E-state index in [1.807, 2.05) is 0 Å². The van der Waals surface area contributed by atoms with Crippen molar-refractivity contribution < 1.29 is 9.90 Å². The third-order valence-corrected chi connectivity index (χ3v) is 2.38. The van der Waals surface area contributed by atoms with Crippen LogP contribution >= 0.6 is 0 Å². The molecule has 2 nitrogen and oxygen atoms in total. The molecule has 0 unspecified atom stereocenters. The number of carboxylic acids is 1. The number of allylic oxidation sites excluding steroid dienone is 2. The number of hydrogen-bond acceptors (Lipinski definition) is 1. The molecule has 0 aromatic rings. The summed E-state index contributed by atoms with van der Waals surface area (Å²) < 4.78 is 0. The van der Waals surface area contributed by atoms with Gasteiger partial charge in [0.2, 0.25) is 0 Å². The Hall–Kier alpha value is -1.23. The number of aliphatic carboxylic acids is 1. The van der Waals surface area contributed by atoms with Gasteiger partial charge in [-0.1, -0.05) is 17.6 Å². The second-order valence-electron chi connectivity index (χ2n) is 3.57. The molecule has 0 amide bonds. The van der Waals surface area contributed by atoms with E-state index in [1.54, 1.807) is 5.57 Å². The summed E-state index contributed by atoms with van der Waals surface area (Å²) in [5.41, 5.74) is 1.58. The van der Waals surface area contributed by atoms with Gasteiger partial charge in [-0.15, -0.1) is 0 Å². The maximum absolute atomic E-state index is 10.1. The normalized spacial score (nSPS) is 14.4. The molecule has 1 N–H and O–H groups in total. The van der Waals surface area contributed by atoms with E-state index in [0.29, 0.717) is 6.42 Å².